The van der Waals surface area contributed by atoms with Gasteiger partial charge in [0.15, 0.2) is 6.10 Å². The Balaban J connectivity index is 4.03. The normalized spacial score (nSPS) is 13.7. The van der Waals surface area contributed by atoms with Crippen LogP contribution in [-0.4, -0.2) is 49.3 Å². The van der Waals surface area contributed by atoms with E-state index < -0.39 is 26.5 Å². The smallest absolute Gasteiger partial charge is 0.462 e. The van der Waals surface area contributed by atoms with Crippen LogP contribution in [0.2, 0.25) is 0 Å². The Morgan fingerprint density at radius 2 is 0.873 bits per heavy atom. The molecule has 9 nitrogen and oxygen atoms in total. The predicted molar refractivity (Wildman–Crippen MR) is 266 cm³/mol. The molecule has 0 amide bonds. The van der Waals surface area contributed by atoms with E-state index in [1.54, 1.807) is 0 Å². The summed E-state index contributed by atoms with van der Waals surface area (Å²) in [6.45, 7) is 3.61. The Kier molecular flexibility index (Phi) is 47.4. The molecule has 0 bridgehead atoms. The van der Waals surface area contributed by atoms with Crippen molar-refractivity contribution in [3.63, 3.8) is 0 Å². The minimum Gasteiger partial charge on any atom is -0.462 e. The molecule has 10 heteroatoms. The fourth-order valence-corrected chi connectivity index (χ4v) is 7.86. The highest BCUT2D eigenvalue weighted by atomic mass is 31.2. The van der Waals surface area contributed by atoms with Gasteiger partial charge in [-0.15, -0.1) is 0 Å². The van der Waals surface area contributed by atoms with Crippen LogP contribution in [0.4, 0.5) is 0 Å². The van der Waals surface area contributed by atoms with E-state index in [1.165, 1.54) is 128 Å². The van der Waals surface area contributed by atoms with Crippen molar-refractivity contribution in [2.75, 3.05) is 26.4 Å². The Hall–Kier alpha value is -2.29. The van der Waals surface area contributed by atoms with Gasteiger partial charge in [0.05, 0.1) is 13.2 Å². The molecule has 0 saturated carbocycles. The predicted octanol–water partition coefficient (Wildman–Crippen LogP) is 15.6. The van der Waals surface area contributed by atoms with Gasteiger partial charge in [0, 0.05) is 19.4 Å². The van der Waals surface area contributed by atoms with Crippen LogP contribution in [0.3, 0.4) is 0 Å². The van der Waals surface area contributed by atoms with Crippen molar-refractivity contribution in [2.45, 2.75) is 238 Å². The number of carbonyl (C=O) groups excluding carboxylic acids is 2. The summed E-state index contributed by atoms with van der Waals surface area (Å²) in [6, 6.07) is 0. The average Bonchev–Trinajstić information content (AvgIpc) is 3.27. The highest BCUT2D eigenvalue weighted by Crippen LogP contribution is 2.43. The molecule has 0 aliphatic heterocycles. The van der Waals surface area contributed by atoms with Crippen LogP contribution >= 0.6 is 7.82 Å². The maximum absolute atomic E-state index is 12.6. The van der Waals surface area contributed by atoms with Gasteiger partial charge < -0.3 is 20.1 Å². The van der Waals surface area contributed by atoms with E-state index in [0.717, 1.165) is 70.6 Å². The van der Waals surface area contributed by atoms with Gasteiger partial charge in [0.1, 0.15) is 6.61 Å². The number of ether oxygens (including phenoxy) is 2. The first kappa shape index (κ1) is 60.7. The number of nitrogens with two attached hydrogens (primary N) is 1. The highest BCUT2D eigenvalue weighted by molar-refractivity contribution is 7.47. The summed E-state index contributed by atoms with van der Waals surface area (Å²) in [7, 11) is -4.39. The van der Waals surface area contributed by atoms with Crippen LogP contribution in [0.1, 0.15) is 232 Å². The van der Waals surface area contributed by atoms with Gasteiger partial charge in [-0.05, 0) is 77.0 Å². The summed E-state index contributed by atoms with van der Waals surface area (Å²) in [5.74, 6) is -0.853. The zero-order chi connectivity index (χ0) is 46.0. The van der Waals surface area contributed by atoms with Crippen LogP contribution < -0.4 is 5.73 Å². The molecule has 0 aromatic heterocycles. The van der Waals surface area contributed by atoms with E-state index in [9.17, 15) is 19.0 Å². The fraction of sp³-hybridized carbons (Fsp3) is 0.774. The summed E-state index contributed by atoms with van der Waals surface area (Å²) in [5.41, 5.74) is 5.36. The summed E-state index contributed by atoms with van der Waals surface area (Å²) in [6.07, 6.45) is 59.8. The molecule has 366 valence electrons. The zero-order valence-electron chi connectivity index (χ0n) is 40.6. The number of rotatable bonds is 48. The molecule has 63 heavy (non-hydrogen) atoms. The number of esters is 2. The van der Waals surface area contributed by atoms with Crippen LogP contribution in [0, 0.1) is 0 Å². The second-order valence-corrected chi connectivity index (χ2v) is 18.5. The average molecular weight is 906 g/mol. The van der Waals surface area contributed by atoms with Gasteiger partial charge in [-0.3, -0.25) is 18.6 Å². The van der Waals surface area contributed by atoms with Crippen molar-refractivity contribution in [2.24, 2.45) is 5.73 Å². The van der Waals surface area contributed by atoms with Gasteiger partial charge in [0.25, 0.3) is 0 Å². The van der Waals surface area contributed by atoms with Crippen molar-refractivity contribution in [3.8, 4) is 0 Å². The molecule has 0 aromatic rings. The van der Waals surface area contributed by atoms with E-state index in [4.69, 9.17) is 24.3 Å². The lowest BCUT2D eigenvalue weighted by Gasteiger charge is -2.19. The molecule has 2 unspecified atom stereocenters. The Bertz CT molecular complexity index is 1220. The van der Waals surface area contributed by atoms with E-state index in [2.05, 4.69) is 74.6 Å². The number of allylic oxidation sites excluding steroid dienone is 10. The van der Waals surface area contributed by atoms with Gasteiger partial charge >= 0.3 is 19.8 Å². The zero-order valence-corrected chi connectivity index (χ0v) is 41.4. The highest BCUT2D eigenvalue weighted by Gasteiger charge is 2.26. The third-order valence-electron chi connectivity index (χ3n) is 10.9. The minimum atomic E-state index is -4.39. The molecule has 0 saturated heterocycles. The van der Waals surface area contributed by atoms with E-state index in [-0.39, 0.29) is 38.6 Å². The van der Waals surface area contributed by atoms with Gasteiger partial charge in [0.2, 0.25) is 0 Å². The maximum atomic E-state index is 12.6. The minimum absolute atomic E-state index is 0.0472. The molecule has 0 aliphatic rings. The van der Waals surface area contributed by atoms with Crippen LogP contribution in [0.5, 0.6) is 0 Å². The van der Waals surface area contributed by atoms with E-state index >= 15 is 0 Å². The first-order chi connectivity index (χ1) is 30.8. The first-order valence-electron chi connectivity index (χ1n) is 25.8. The molecule has 0 radical (unpaired) electrons. The Morgan fingerprint density at radius 1 is 0.492 bits per heavy atom. The van der Waals surface area contributed by atoms with Crippen LogP contribution in [-0.2, 0) is 32.7 Å². The Morgan fingerprint density at radius 3 is 1.32 bits per heavy atom. The molecule has 0 heterocycles. The molecule has 0 fully saturated rings. The molecular formula is C53H96NO8P. The van der Waals surface area contributed by atoms with Gasteiger partial charge in [-0.25, -0.2) is 4.57 Å². The van der Waals surface area contributed by atoms with Crippen molar-refractivity contribution in [3.05, 3.63) is 60.8 Å². The van der Waals surface area contributed by atoms with Crippen molar-refractivity contribution >= 4 is 19.8 Å². The van der Waals surface area contributed by atoms with Crippen molar-refractivity contribution in [1.82, 2.24) is 0 Å². The maximum Gasteiger partial charge on any atom is 0.472 e. The lowest BCUT2D eigenvalue weighted by atomic mass is 10.0. The van der Waals surface area contributed by atoms with Gasteiger partial charge in [-0.2, -0.15) is 0 Å². The number of unbranched alkanes of at least 4 members (excludes halogenated alkanes) is 25. The third kappa shape index (κ3) is 49.0. The third-order valence-corrected chi connectivity index (χ3v) is 11.9. The molecule has 0 spiro atoms. The molecule has 0 aromatic carbocycles. The molecule has 0 rings (SSSR count). The fourth-order valence-electron chi connectivity index (χ4n) is 7.09. The van der Waals surface area contributed by atoms with Crippen LogP contribution in [0.15, 0.2) is 60.8 Å². The van der Waals surface area contributed by atoms with Crippen molar-refractivity contribution < 1.29 is 37.6 Å². The van der Waals surface area contributed by atoms with E-state index in [1.807, 2.05) is 0 Å². The van der Waals surface area contributed by atoms with E-state index in [0.29, 0.717) is 6.42 Å². The molecule has 2 atom stereocenters. The first-order valence-corrected chi connectivity index (χ1v) is 27.3. The second-order valence-electron chi connectivity index (χ2n) is 17.0. The quantitative estimate of drug-likeness (QED) is 0.0265. The second kappa shape index (κ2) is 49.2. The standard InChI is InChI=1S/C53H96NO8P/c1-3-5-7-9-11-13-15-17-19-21-22-23-24-25-26-27-28-30-31-33-35-37-39-41-43-45-52(55)59-49-51(50-61-63(57,58)60-48-47-54)62-53(56)46-44-42-40-38-36-34-32-29-20-18-16-14-12-10-8-6-4-2/h6,8,12,14,18,20-22,32,34,51H,3-5,7,9-11,13,15-17,19,23-31,33,35-50,54H2,1-2H3,(H,57,58)/b8-6-,14-12-,20-18-,22-21-,34-32-. The Labute approximate surface area is 387 Å². The largest absolute Gasteiger partial charge is 0.472 e. The number of hydrogen-bond donors (Lipinski definition) is 2. The number of hydrogen-bond acceptors (Lipinski definition) is 8. The summed E-state index contributed by atoms with van der Waals surface area (Å²) in [4.78, 5) is 35.0. The lowest BCUT2D eigenvalue weighted by Crippen LogP contribution is -2.29. The summed E-state index contributed by atoms with van der Waals surface area (Å²) < 4.78 is 32.9. The monoisotopic (exact) mass is 906 g/mol. The molecular weight excluding hydrogens is 810 g/mol. The molecule has 0 aliphatic carbocycles. The SMILES string of the molecule is CC/C=C\C/C=C\C/C=C\C/C=C\CCCCCCC(=O)OC(COC(=O)CCCCCCCCCCCCCCC/C=C\CCCCCCCCCC)COP(=O)(O)OCCN. The summed E-state index contributed by atoms with van der Waals surface area (Å²) in [5, 5.41) is 0. The molecule has 3 N–H and O–H groups in total. The van der Waals surface area contributed by atoms with Crippen LogP contribution in [0.25, 0.3) is 0 Å². The summed E-state index contributed by atoms with van der Waals surface area (Å²) >= 11 is 0. The van der Waals surface area contributed by atoms with Gasteiger partial charge in [-0.1, -0.05) is 203 Å². The number of phosphoric acid groups is 1. The topological polar surface area (TPSA) is 134 Å². The lowest BCUT2D eigenvalue weighted by molar-refractivity contribution is -0.161. The number of carbonyl (C=O) groups is 2. The van der Waals surface area contributed by atoms with Crippen molar-refractivity contribution in [1.29, 1.82) is 0 Å². The number of phosphoric ester groups is 1.